The molecule has 0 amide bonds. The molecule has 2 heterocycles. The molecule has 2 unspecified atom stereocenters. The standard InChI is InChI=1S/C16H21BF3N5/c1-10(14-5-4-6-15(24-14)16(18,19)20)21-11(2)22-12(3)23-13-7-8-25(17)9-13/h4-6,12-13,23H,7-9H2,1-3H3. The molecule has 1 aromatic heterocycles. The number of halogens is 3. The van der Waals surface area contributed by atoms with Gasteiger partial charge in [-0.3, -0.25) is 10.3 Å². The Balaban J connectivity index is 2.05. The minimum absolute atomic E-state index is 0.164. The number of hydrogen-bond donors (Lipinski definition) is 1. The third-order valence-electron chi connectivity index (χ3n) is 3.82. The third kappa shape index (κ3) is 5.93. The van der Waals surface area contributed by atoms with Gasteiger partial charge >= 0.3 is 6.18 Å². The first-order valence-corrected chi connectivity index (χ1v) is 8.05. The molecule has 5 nitrogen and oxygen atoms in total. The maximum Gasteiger partial charge on any atom is 0.433 e. The van der Waals surface area contributed by atoms with Crippen LogP contribution in [0.5, 0.6) is 0 Å². The summed E-state index contributed by atoms with van der Waals surface area (Å²) in [4.78, 5) is 14.0. The van der Waals surface area contributed by atoms with Gasteiger partial charge in [-0.15, -0.1) is 0 Å². The summed E-state index contributed by atoms with van der Waals surface area (Å²) in [5, 5.41) is 3.34. The summed E-state index contributed by atoms with van der Waals surface area (Å²) in [5.74, 6) is 0.472. The van der Waals surface area contributed by atoms with Crippen molar-refractivity contribution >= 4 is 19.5 Å². The van der Waals surface area contributed by atoms with Crippen molar-refractivity contribution in [2.24, 2.45) is 9.98 Å². The molecule has 0 saturated carbocycles. The fourth-order valence-electron chi connectivity index (χ4n) is 2.70. The molecule has 1 aromatic rings. The zero-order valence-corrected chi connectivity index (χ0v) is 14.5. The van der Waals surface area contributed by atoms with Gasteiger partial charge in [-0.05, 0) is 45.9 Å². The van der Waals surface area contributed by atoms with E-state index in [9.17, 15) is 13.2 Å². The number of hydrogen-bond acceptors (Lipinski definition) is 4. The van der Waals surface area contributed by atoms with E-state index in [0.29, 0.717) is 11.5 Å². The summed E-state index contributed by atoms with van der Waals surface area (Å²) in [5.41, 5.74) is -0.371. The molecule has 0 bridgehead atoms. The van der Waals surface area contributed by atoms with E-state index in [4.69, 9.17) is 7.98 Å². The lowest BCUT2D eigenvalue weighted by molar-refractivity contribution is -0.141. The smallest absolute Gasteiger partial charge is 0.352 e. The van der Waals surface area contributed by atoms with Crippen LogP contribution in [0.3, 0.4) is 0 Å². The lowest BCUT2D eigenvalue weighted by atomic mass is 10.2. The Morgan fingerprint density at radius 2 is 2.12 bits per heavy atom. The van der Waals surface area contributed by atoms with Crippen LogP contribution in [0.1, 0.15) is 38.6 Å². The molecule has 134 valence electrons. The van der Waals surface area contributed by atoms with Gasteiger partial charge in [-0.1, -0.05) is 6.07 Å². The predicted molar refractivity (Wildman–Crippen MR) is 92.9 cm³/mol. The Kier molecular flexibility index (Phi) is 6.34. The average Bonchev–Trinajstić information content (AvgIpc) is 2.91. The largest absolute Gasteiger partial charge is 0.433 e. The molecular formula is C16H21BF3N5. The highest BCUT2D eigenvalue weighted by Crippen LogP contribution is 2.27. The zero-order chi connectivity index (χ0) is 18.6. The predicted octanol–water partition coefficient (Wildman–Crippen LogP) is 2.42. The molecule has 1 saturated heterocycles. The molecule has 1 N–H and O–H groups in total. The van der Waals surface area contributed by atoms with E-state index in [2.05, 4.69) is 20.3 Å². The number of nitrogens with zero attached hydrogens (tertiary/aromatic N) is 4. The Hall–Kier alpha value is -1.74. The lowest BCUT2D eigenvalue weighted by Crippen LogP contribution is -2.37. The van der Waals surface area contributed by atoms with E-state index in [1.54, 1.807) is 18.7 Å². The number of aliphatic imine (C=N–C) groups is 2. The number of alkyl halides is 3. The molecule has 9 heteroatoms. The Bertz CT molecular complexity index is 659. The summed E-state index contributed by atoms with van der Waals surface area (Å²) in [6.07, 6.45) is -3.69. The van der Waals surface area contributed by atoms with Gasteiger partial charge in [0.15, 0.2) is 7.98 Å². The average molecular weight is 351 g/mol. The van der Waals surface area contributed by atoms with Gasteiger partial charge < -0.3 is 4.81 Å². The van der Waals surface area contributed by atoms with Crippen LogP contribution in [0, 0.1) is 0 Å². The highest BCUT2D eigenvalue weighted by atomic mass is 19.4. The molecule has 0 aromatic carbocycles. The number of nitrogens with one attached hydrogen (secondary N) is 1. The first kappa shape index (κ1) is 19.6. The fourth-order valence-corrected chi connectivity index (χ4v) is 2.70. The van der Waals surface area contributed by atoms with Crippen molar-refractivity contribution in [1.29, 1.82) is 0 Å². The topological polar surface area (TPSA) is 52.9 Å². The van der Waals surface area contributed by atoms with Gasteiger partial charge in [0.1, 0.15) is 11.5 Å². The molecule has 1 aliphatic heterocycles. The second-order valence-electron chi connectivity index (χ2n) is 6.10. The van der Waals surface area contributed by atoms with Crippen LogP contribution in [0.4, 0.5) is 13.2 Å². The first-order valence-electron chi connectivity index (χ1n) is 8.05. The van der Waals surface area contributed by atoms with Gasteiger partial charge in [-0.2, -0.15) is 13.2 Å². The molecule has 0 aliphatic carbocycles. The monoisotopic (exact) mass is 351 g/mol. The van der Waals surface area contributed by atoms with E-state index < -0.39 is 11.9 Å². The molecule has 1 fully saturated rings. The molecule has 1 aliphatic rings. The van der Waals surface area contributed by atoms with Gasteiger partial charge in [0.25, 0.3) is 0 Å². The van der Waals surface area contributed by atoms with Gasteiger partial charge in [0.2, 0.25) is 0 Å². The van der Waals surface area contributed by atoms with Crippen LogP contribution in [-0.2, 0) is 6.18 Å². The van der Waals surface area contributed by atoms with Crippen molar-refractivity contribution in [3.05, 3.63) is 29.6 Å². The number of rotatable bonds is 4. The van der Waals surface area contributed by atoms with Crippen molar-refractivity contribution in [2.75, 3.05) is 13.1 Å². The van der Waals surface area contributed by atoms with Crippen molar-refractivity contribution in [2.45, 2.75) is 45.6 Å². The number of aromatic nitrogens is 1. The van der Waals surface area contributed by atoms with E-state index in [-0.39, 0.29) is 17.9 Å². The van der Waals surface area contributed by atoms with Crippen molar-refractivity contribution in [3.63, 3.8) is 0 Å². The van der Waals surface area contributed by atoms with Gasteiger partial charge in [0.05, 0.1) is 17.6 Å². The number of pyridine rings is 1. The quantitative estimate of drug-likeness (QED) is 0.515. The van der Waals surface area contributed by atoms with E-state index in [1.807, 2.05) is 6.92 Å². The second kappa shape index (κ2) is 8.10. The van der Waals surface area contributed by atoms with Crippen LogP contribution in [0.15, 0.2) is 28.2 Å². The van der Waals surface area contributed by atoms with Gasteiger partial charge in [-0.25, -0.2) is 9.98 Å². The molecule has 0 spiro atoms. The normalized spacial score (nSPS) is 21.6. The lowest BCUT2D eigenvalue weighted by Gasteiger charge is -2.16. The van der Waals surface area contributed by atoms with Crippen molar-refractivity contribution in [3.8, 4) is 0 Å². The second-order valence-corrected chi connectivity index (χ2v) is 6.10. The minimum Gasteiger partial charge on any atom is -0.352 e. The van der Waals surface area contributed by atoms with Gasteiger partial charge in [0, 0.05) is 12.6 Å². The Morgan fingerprint density at radius 3 is 2.72 bits per heavy atom. The molecule has 2 atom stereocenters. The van der Waals surface area contributed by atoms with E-state index in [0.717, 1.165) is 25.6 Å². The van der Waals surface area contributed by atoms with Crippen LogP contribution >= 0.6 is 0 Å². The highest BCUT2D eigenvalue weighted by Gasteiger charge is 2.32. The number of amidine groups is 1. The van der Waals surface area contributed by atoms with Crippen LogP contribution < -0.4 is 5.32 Å². The zero-order valence-electron chi connectivity index (χ0n) is 14.5. The maximum absolute atomic E-state index is 12.7. The molecule has 2 radical (unpaired) electrons. The van der Waals surface area contributed by atoms with E-state index in [1.165, 1.54) is 12.1 Å². The minimum atomic E-state index is -4.48. The Morgan fingerprint density at radius 1 is 1.40 bits per heavy atom. The fraction of sp³-hybridized carbons (Fsp3) is 0.562. The summed E-state index contributed by atoms with van der Waals surface area (Å²) >= 11 is 0. The summed E-state index contributed by atoms with van der Waals surface area (Å²) < 4.78 is 38.2. The van der Waals surface area contributed by atoms with Crippen LogP contribution in [0.25, 0.3) is 0 Å². The summed E-state index contributed by atoms with van der Waals surface area (Å²) in [7, 11) is 5.72. The van der Waals surface area contributed by atoms with E-state index >= 15 is 0 Å². The SMILES string of the molecule is [B]N1CCC(NC(C)N=C(C)N=C(C)c2cccc(C(F)(F)F)n2)C1. The van der Waals surface area contributed by atoms with Crippen molar-refractivity contribution < 1.29 is 13.2 Å². The summed E-state index contributed by atoms with van der Waals surface area (Å²) in [6.45, 7) is 6.82. The highest BCUT2D eigenvalue weighted by molar-refractivity contribution is 6.05. The molecular weight excluding hydrogens is 330 g/mol. The first-order chi connectivity index (χ1) is 11.6. The van der Waals surface area contributed by atoms with Crippen molar-refractivity contribution in [1.82, 2.24) is 15.1 Å². The maximum atomic E-state index is 12.7. The molecule has 2 rings (SSSR count). The molecule has 25 heavy (non-hydrogen) atoms. The third-order valence-corrected chi connectivity index (χ3v) is 3.82. The van der Waals surface area contributed by atoms with Crippen LogP contribution in [0.2, 0.25) is 0 Å². The van der Waals surface area contributed by atoms with Crippen LogP contribution in [-0.4, -0.2) is 54.6 Å². The summed E-state index contributed by atoms with van der Waals surface area (Å²) in [6, 6.07) is 4.02. The Labute approximate surface area is 146 Å².